The van der Waals surface area contributed by atoms with E-state index in [0.717, 1.165) is 0 Å². The minimum atomic E-state index is -3.72. The van der Waals surface area contributed by atoms with Crippen molar-refractivity contribution < 1.29 is 17.6 Å². The van der Waals surface area contributed by atoms with Crippen LogP contribution < -0.4 is 10.0 Å². The minimum absolute atomic E-state index is 0.0492. The van der Waals surface area contributed by atoms with Gasteiger partial charge in [-0.2, -0.15) is 0 Å². The summed E-state index contributed by atoms with van der Waals surface area (Å²) in [6.45, 7) is 5.32. The average molecular weight is 390 g/mol. The maximum absolute atomic E-state index is 13.1. The van der Waals surface area contributed by atoms with E-state index in [1.165, 1.54) is 30.4 Å². The van der Waals surface area contributed by atoms with Gasteiger partial charge in [0, 0.05) is 18.2 Å². The molecule has 0 bridgehead atoms. The molecule has 2 aromatic carbocycles. The second-order valence-corrected chi connectivity index (χ2v) is 8.72. The van der Waals surface area contributed by atoms with Gasteiger partial charge in [0.2, 0.25) is 15.9 Å². The summed E-state index contributed by atoms with van der Waals surface area (Å²) in [7, 11) is -3.72. The van der Waals surface area contributed by atoms with Crippen LogP contribution in [0.3, 0.4) is 0 Å². The number of halogens is 1. The van der Waals surface area contributed by atoms with E-state index in [4.69, 9.17) is 0 Å². The van der Waals surface area contributed by atoms with Crippen LogP contribution in [0.2, 0.25) is 0 Å². The van der Waals surface area contributed by atoms with Gasteiger partial charge in [0.1, 0.15) is 5.82 Å². The Bertz CT molecular complexity index is 948. The van der Waals surface area contributed by atoms with Crippen molar-refractivity contribution in [1.29, 1.82) is 0 Å². The molecule has 2 rings (SSSR count). The van der Waals surface area contributed by atoms with Crippen molar-refractivity contribution in [2.45, 2.75) is 37.8 Å². The lowest BCUT2D eigenvalue weighted by atomic mass is 10.1. The van der Waals surface area contributed by atoms with Crippen molar-refractivity contribution in [2.24, 2.45) is 0 Å². The van der Waals surface area contributed by atoms with Crippen LogP contribution in [-0.2, 0) is 21.4 Å². The van der Waals surface area contributed by atoms with Crippen molar-refractivity contribution in [3.8, 4) is 0 Å². The summed E-state index contributed by atoms with van der Waals surface area (Å²) >= 11 is 0. The number of hydrogen-bond acceptors (Lipinski definition) is 3. The number of hydrogen-bond donors (Lipinski definition) is 2. The van der Waals surface area contributed by atoms with Crippen LogP contribution in [0.25, 0.3) is 6.08 Å². The average Bonchev–Trinajstić information content (AvgIpc) is 2.56. The Morgan fingerprint density at radius 2 is 1.81 bits per heavy atom. The van der Waals surface area contributed by atoms with E-state index in [-0.39, 0.29) is 17.3 Å². The molecule has 0 saturated carbocycles. The second kappa shape index (κ2) is 8.45. The molecule has 2 aromatic rings. The fraction of sp³-hybridized carbons (Fsp3) is 0.250. The molecule has 27 heavy (non-hydrogen) atoms. The highest BCUT2D eigenvalue weighted by molar-refractivity contribution is 7.89. The Balaban J connectivity index is 2.09. The molecule has 5 nitrogen and oxygen atoms in total. The van der Waals surface area contributed by atoms with E-state index < -0.39 is 21.5 Å². The first-order valence-electron chi connectivity index (χ1n) is 8.40. The van der Waals surface area contributed by atoms with Crippen LogP contribution in [0.15, 0.2) is 59.5 Å². The first-order chi connectivity index (χ1) is 12.6. The summed E-state index contributed by atoms with van der Waals surface area (Å²) < 4.78 is 40.9. The van der Waals surface area contributed by atoms with E-state index in [1.807, 2.05) is 0 Å². The molecule has 0 saturated heterocycles. The number of carbonyl (C=O) groups is 1. The molecule has 0 aromatic heterocycles. The van der Waals surface area contributed by atoms with Crippen LogP contribution in [0.4, 0.5) is 4.39 Å². The van der Waals surface area contributed by atoms with Gasteiger partial charge in [-0.15, -0.1) is 0 Å². The van der Waals surface area contributed by atoms with Crippen molar-refractivity contribution >= 4 is 22.0 Å². The third kappa shape index (κ3) is 6.62. The highest BCUT2D eigenvalue weighted by Gasteiger charge is 2.24. The third-order valence-electron chi connectivity index (χ3n) is 3.43. The van der Waals surface area contributed by atoms with E-state index in [0.29, 0.717) is 11.1 Å². The molecule has 1 amide bonds. The van der Waals surface area contributed by atoms with E-state index in [1.54, 1.807) is 51.1 Å². The van der Waals surface area contributed by atoms with Gasteiger partial charge in [-0.25, -0.2) is 17.5 Å². The van der Waals surface area contributed by atoms with Crippen LogP contribution in [-0.4, -0.2) is 19.9 Å². The maximum atomic E-state index is 13.1. The SMILES string of the molecule is CC(C)(C)NS(=O)(=O)c1ccccc1CNC(=O)/C=C/c1cccc(F)c1. The first-order valence-corrected chi connectivity index (χ1v) is 9.88. The summed E-state index contributed by atoms with van der Waals surface area (Å²) in [5, 5.41) is 2.65. The van der Waals surface area contributed by atoms with Gasteiger partial charge in [-0.3, -0.25) is 4.79 Å². The Labute approximate surface area is 159 Å². The second-order valence-electron chi connectivity index (χ2n) is 7.07. The number of carbonyl (C=O) groups excluding carboxylic acids is 1. The largest absolute Gasteiger partial charge is 0.348 e. The summed E-state index contributed by atoms with van der Waals surface area (Å²) in [5.74, 6) is -0.793. The lowest BCUT2D eigenvalue weighted by Gasteiger charge is -2.21. The number of sulfonamides is 1. The van der Waals surface area contributed by atoms with Crippen molar-refractivity contribution in [2.75, 3.05) is 0 Å². The van der Waals surface area contributed by atoms with Crippen LogP contribution >= 0.6 is 0 Å². The molecule has 0 heterocycles. The van der Waals surface area contributed by atoms with Crippen LogP contribution in [0, 0.1) is 5.82 Å². The highest BCUT2D eigenvalue weighted by Crippen LogP contribution is 2.17. The summed E-state index contributed by atoms with van der Waals surface area (Å²) in [6.07, 6.45) is 2.77. The first kappa shape index (κ1) is 20.8. The van der Waals surface area contributed by atoms with E-state index >= 15 is 0 Å². The Hall–Kier alpha value is -2.51. The molecule has 7 heteroatoms. The lowest BCUT2D eigenvalue weighted by Crippen LogP contribution is -2.41. The van der Waals surface area contributed by atoms with Gasteiger partial charge < -0.3 is 5.32 Å². The monoisotopic (exact) mass is 390 g/mol. The lowest BCUT2D eigenvalue weighted by molar-refractivity contribution is -0.116. The molecule has 0 aliphatic carbocycles. The summed E-state index contributed by atoms with van der Waals surface area (Å²) in [4.78, 5) is 12.1. The van der Waals surface area contributed by atoms with Crippen molar-refractivity contribution in [3.63, 3.8) is 0 Å². The topological polar surface area (TPSA) is 75.3 Å². The smallest absolute Gasteiger partial charge is 0.244 e. The molecule has 0 radical (unpaired) electrons. The van der Waals surface area contributed by atoms with Gasteiger partial charge in [-0.1, -0.05) is 30.3 Å². The standard InChI is InChI=1S/C20H23FN2O3S/c1-20(2,3)23-27(25,26)18-10-5-4-8-16(18)14-22-19(24)12-11-15-7-6-9-17(21)13-15/h4-13,23H,14H2,1-3H3,(H,22,24)/b12-11+. The predicted octanol–water partition coefficient (Wildman–Crippen LogP) is 3.23. The van der Waals surface area contributed by atoms with Gasteiger partial charge in [0.05, 0.1) is 4.90 Å². The van der Waals surface area contributed by atoms with E-state index in [2.05, 4.69) is 10.0 Å². The molecule has 144 valence electrons. The maximum Gasteiger partial charge on any atom is 0.244 e. The van der Waals surface area contributed by atoms with Gasteiger partial charge in [-0.05, 0) is 56.2 Å². The zero-order valence-corrected chi connectivity index (χ0v) is 16.3. The van der Waals surface area contributed by atoms with Crippen molar-refractivity contribution in [3.05, 3.63) is 71.6 Å². The van der Waals surface area contributed by atoms with Gasteiger partial charge in [0.25, 0.3) is 0 Å². The number of amides is 1. The zero-order valence-electron chi connectivity index (χ0n) is 15.5. The minimum Gasteiger partial charge on any atom is -0.348 e. The molecule has 0 fully saturated rings. The molecule has 0 aliphatic rings. The molecule has 0 unspecified atom stereocenters. The zero-order chi connectivity index (χ0) is 20.1. The Kier molecular flexibility index (Phi) is 6.51. The van der Waals surface area contributed by atoms with Gasteiger partial charge in [0.15, 0.2) is 0 Å². The third-order valence-corrected chi connectivity index (χ3v) is 5.29. The fourth-order valence-electron chi connectivity index (χ4n) is 2.39. The summed E-state index contributed by atoms with van der Waals surface area (Å²) in [6, 6.07) is 12.3. The van der Waals surface area contributed by atoms with E-state index in [9.17, 15) is 17.6 Å². The molecule has 0 aliphatic heterocycles. The van der Waals surface area contributed by atoms with Crippen LogP contribution in [0.1, 0.15) is 31.9 Å². The highest BCUT2D eigenvalue weighted by atomic mass is 32.2. The molecule has 0 spiro atoms. The Morgan fingerprint density at radius 1 is 1.11 bits per heavy atom. The normalized spacial score (nSPS) is 12.3. The van der Waals surface area contributed by atoms with Crippen molar-refractivity contribution in [1.82, 2.24) is 10.0 Å². The predicted molar refractivity (Wildman–Crippen MR) is 104 cm³/mol. The summed E-state index contributed by atoms with van der Waals surface area (Å²) in [5.41, 5.74) is 0.410. The molecular formula is C20H23FN2O3S. The van der Waals surface area contributed by atoms with Gasteiger partial charge >= 0.3 is 0 Å². The Morgan fingerprint density at radius 3 is 2.48 bits per heavy atom. The fourth-order valence-corrected chi connectivity index (χ4v) is 4.05. The quantitative estimate of drug-likeness (QED) is 0.744. The number of nitrogens with one attached hydrogen (secondary N) is 2. The number of benzene rings is 2. The molecule has 0 atom stereocenters. The van der Waals surface area contributed by atoms with Crippen LogP contribution in [0.5, 0.6) is 0 Å². The number of rotatable bonds is 6. The molecule has 2 N–H and O–H groups in total. The molecular weight excluding hydrogens is 367 g/mol.